The van der Waals surface area contributed by atoms with E-state index < -0.39 is 22.0 Å². The van der Waals surface area contributed by atoms with Gasteiger partial charge in [-0.2, -0.15) is 0 Å². The highest BCUT2D eigenvalue weighted by Gasteiger charge is 2.17. The summed E-state index contributed by atoms with van der Waals surface area (Å²) in [6.07, 6.45) is 0. The van der Waals surface area contributed by atoms with Crippen LogP contribution in [0.4, 0.5) is 16.2 Å². The molecule has 0 heterocycles. The fourth-order valence-corrected chi connectivity index (χ4v) is 4.05. The average molecular weight is 459 g/mol. The molecule has 0 unspecified atom stereocenters. The monoisotopic (exact) mass is 458 g/mol. The van der Waals surface area contributed by atoms with Gasteiger partial charge in [0.15, 0.2) is 0 Å². The molecule has 3 rings (SSSR count). The fourth-order valence-electron chi connectivity index (χ4n) is 2.68. The number of hydrogen-bond acceptors (Lipinski definition) is 4. The van der Waals surface area contributed by atoms with Gasteiger partial charge < -0.3 is 16.4 Å². The van der Waals surface area contributed by atoms with Crippen LogP contribution < -0.4 is 21.1 Å². The van der Waals surface area contributed by atoms with Crippen LogP contribution in [-0.2, 0) is 16.6 Å². The third-order valence-electron chi connectivity index (χ3n) is 4.20. The number of para-hydroxylation sites is 1. The van der Waals surface area contributed by atoms with E-state index in [1.54, 1.807) is 48.5 Å². The first-order valence-corrected chi connectivity index (χ1v) is 10.9. The third-order valence-corrected chi connectivity index (χ3v) is 5.89. The van der Waals surface area contributed by atoms with Gasteiger partial charge in [-0.1, -0.05) is 41.9 Å². The SMILES string of the molecule is NC(=O)Nc1ccc(CNC(=O)c2cccc(S(=O)(=O)Nc3ccccc3Cl)c2)cc1. The summed E-state index contributed by atoms with van der Waals surface area (Å²) in [5, 5.41) is 5.43. The van der Waals surface area contributed by atoms with Gasteiger partial charge in [0.1, 0.15) is 0 Å². The fraction of sp³-hybridized carbons (Fsp3) is 0.0476. The number of amides is 3. The smallest absolute Gasteiger partial charge is 0.316 e. The highest BCUT2D eigenvalue weighted by atomic mass is 35.5. The summed E-state index contributed by atoms with van der Waals surface area (Å²) in [5.41, 5.74) is 6.81. The summed E-state index contributed by atoms with van der Waals surface area (Å²) < 4.78 is 27.8. The Hall–Kier alpha value is -3.56. The number of carbonyl (C=O) groups is 2. The number of carbonyl (C=O) groups excluding carboxylic acids is 2. The van der Waals surface area contributed by atoms with E-state index in [0.29, 0.717) is 5.69 Å². The van der Waals surface area contributed by atoms with Gasteiger partial charge in [-0.05, 0) is 48.0 Å². The first-order valence-electron chi connectivity index (χ1n) is 9.05. The lowest BCUT2D eigenvalue weighted by molar-refractivity contribution is 0.0950. The minimum absolute atomic E-state index is 0.0676. The average Bonchev–Trinajstić information content (AvgIpc) is 2.74. The van der Waals surface area contributed by atoms with E-state index in [4.69, 9.17) is 17.3 Å². The van der Waals surface area contributed by atoms with Crippen molar-refractivity contribution in [3.05, 3.63) is 88.9 Å². The summed E-state index contributed by atoms with van der Waals surface area (Å²) >= 11 is 6.02. The third kappa shape index (κ3) is 5.97. The van der Waals surface area contributed by atoms with Crippen LogP contribution in [0, 0.1) is 0 Å². The van der Waals surface area contributed by atoms with Crippen LogP contribution in [0.1, 0.15) is 15.9 Å². The molecule has 0 spiro atoms. The Labute approximate surface area is 184 Å². The maximum absolute atomic E-state index is 12.7. The number of halogens is 1. The van der Waals surface area contributed by atoms with E-state index in [9.17, 15) is 18.0 Å². The van der Waals surface area contributed by atoms with Crippen LogP contribution in [0.5, 0.6) is 0 Å². The number of hydrogen-bond donors (Lipinski definition) is 4. The zero-order valence-corrected chi connectivity index (χ0v) is 17.7. The van der Waals surface area contributed by atoms with E-state index in [1.165, 1.54) is 24.3 Å². The molecule has 0 atom stereocenters. The molecular weight excluding hydrogens is 440 g/mol. The molecule has 5 N–H and O–H groups in total. The van der Waals surface area contributed by atoms with E-state index in [-0.39, 0.29) is 27.7 Å². The molecule has 0 aliphatic carbocycles. The minimum atomic E-state index is -3.93. The second-order valence-corrected chi connectivity index (χ2v) is 8.57. The Kier molecular flexibility index (Phi) is 6.78. The Morgan fingerprint density at radius 3 is 2.32 bits per heavy atom. The largest absolute Gasteiger partial charge is 0.351 e. The zero-order valence-electron chi connectivity index (χ0n) is 16.1. The number of rotatable bonds is 7. The molecule has 160 valence electrons. The van der Waals surface area contributed by atoms with Gasteiger partial charge in [0.25, 0.3) is 15.9 Å². The first kappa shape index (κ1) is 22.1. The number of nitrogens with two attached hydrogens (primary N) is 1. The number of sulfonamides is 1. The number of benzene rings is 3. The molecule has 3 aromatic rings. The number of nitrogens with one attached hydrogen (secondary N) is 3. The molecule has 3 aromatic carbocycles. The van der Waals surface area contributed by atoms with E-state index in [0.717, 1.165) is 5.56 Å². The quantitative estimate of drug-likeness (QED) is 0.431. The van der Waals surface area contributed by atoms with E-state index in [1.807, 2.05) is 0 Å². The van der Waals surface area contributed by atoms with Gasteiger partial charge in [-0.3, -0.25) is 9.52 Å². The lowest BCUT2D eigenvalue weighted by Crippen LogP contribution is -2.23. The second-order valence-electron chi connectivity index (χ2n) is 6.48. The molecule has 0 saturated carbocycles. The summed E-state index contributed by atoms with van der Waals surface area (Å²) in [6, 6.07) is 18.2. The highest BCUT2D eigenvalue weighted by Crippen LogP contribution is 2.24. The molecular formula is C21H19ClN4O4S. The van der Waals surface area contributed by atoms with Gasteiger partial charge in [0.05, 0.1) is 15.6 Å². The summed E-state index contributed by atoms with van der Waals surface area (Å²) in [5.74, 6) is -0.436. The Bertz CT molecular complexity index is 1210. The molecule has 8 nitrogen and oxygen atoms in total. The van der Waals surface area contributed by atoms with Crippen molar-refractivity contribution in [1.29, 1.82) is 0 Å². The van der Waals surface area contributed by atoms with Crippen molar-refractivity contribution >= 4 is 44.9 Å². The summed E-state index contributed by atoms with van der Waals surface area (Å²) in [6.45, 7) is 0.213. The maximum Gasteiger partial charge on any atom is 0.316 e. The van der Waals surface area contributed by atoms with Crippen molar-refractivity contribution in [3.63, 3.8) is 0 Å². The first-order chi connectivity index (χ1) is 14.7. The second kappa shape index (κ2) is 9.50. The maximum atomic E-state index is 12.7. The molecule has 0 saturated heterocycles. The lowest BCUT2D eigenvalue weighted by Gasteiger charge is -2.11. The van der Waals surface area contributed by atoms with Crippen molar-refractivity contribution in [1.82, 2.24) is 5.32 Å². The van der Waals surface area contributed by atoms with Crippen molar-refractivity contribution in [2.75, 3.05) is 10.0 Å². The van der Waals surface area contributed by atoms with E-state index in [2.05, 4.69) is 15.4 Å². The van der Waals surface area contributed by atoms with Gasteiger partial charge in [-0.25, -0.2) is 13.2 Å². The molecule has 0 aromatic heterocycles. The standard InChI is InChI=1S/C21H19ClN4O4S/c22-18-6-1-2-7-19(18)26-31(29,30)17-5-3-4-15(12-17)20(27)24-13-14-8-10-16(11-9-14)25-21(23)28/h1-12,26H,13H2,(H,24,27)(H3,23,25,28). The van der Waals surface area contributed by atoms with Gasteiger partial charge in [0.2, 0.25) is 0 Å². The predicted molar refractivity (Wildman–Crippen MR) is 120 cm³/mol. The van der Waals surface area contributed by atoms with Crippen LogP contribution >= 0.6 is 11.6 Å². The van der Waals surface area contributed by atoms with Crippen LogP contribution in [0.2, 0.25) is 5.02 Å². The van der Waals surface area contributed by atoms with Crippen LogP contribution in [-0.4, -0.2) is 20.4 Å². The van der Waals surface area contributed by atoms with Gasteiger partial charge in [-0.15, -0.1) is 0 Å². The number of anilines is 2. The van der Waals surface area contributed by atoms with E-state index >= 15 is 0 Å². The van der Waals surface area contributed by atoms with Crippen LogP contribution in [0.15, 0.2) is 77.7 Å². The minimum Gasteiger partial charge on any atom is -0.351 e. The molecule has 0 fully saturated rings. The van der Waals surface area contributed by atoms with Gasteiger partial charge >= 0.3 is 6.03 Å². The Morgan fingerprint density at radius 1 is 0.935 bits per heavy atom. The molecule has 3 amide bonds. The van der Waals surface area contributed by atoms with Crippen molar-refractivity contribution in [2.24, 2.45) is 5.73 Å². The molecule has 10 heteroatoms. The molecule has 31 heavy (non-hydrogen) atoms. The summed E-state index contributed by atoms with van der Waals surface area (Å²) in [7, 11) is -3.93. The normalized spacial score (nSPS) is 10.9. The predicted octanol–water partition coefficient (Wildman–Crippen LogP) is 3.56. The Balaban J connectivity index is 1.68. The molecule has 0 radical (unpaired) electrons. The van der Waals surface area contributed by atoms with Crippen molar-refractivity contribution in [3.8, 4) is 0 Å². The number of urea groups is 1. The lowest BCUT2D eigenvalue weighted by atomic mass is 10.2. The molecule has 0 aliphatic heterocycles. The highest BCUT2D eigenvalue weighted by molar-refractivity contribution is 7.92. The van der Waals surface area contributed by atoms with Crippen LogP contribution in [0.3, 0.4) is 0 Å². The molecule has 0 bridgehead atoms. The number of primary amides is 1. The topological polar surface area (TPSA) is 130 Å². The summed E-state index contributed by atoms with van der Waals surface area (Å²) in [4.78, 5) is 23.3. The van der Waals surface area contributed by atoms with Crippen molar-refractivity contribution < 1.29 is 18.0 Å². The molecule has 0 aliphatic rings. The Morgan fingerprint density at radius 2 is 1.65 bits per heavy atom. The van der Waals surface area contributed by atoms with Gasteiger partial charge in [0, 0.05) is 17.8 Å². The van der Waals surface area contributed by atoms with Crippen LogP contribution in [0.25, 0.3) is 0 Å². The zero-order chi connectivity index (χ0) is 22.4. The van der Waals surface area contributed by atoms with Crippen molar-refractivity contribution in [2.45, 2.75) is 11.4 Å².